The summed E-state index contributed by atoms with van der Waals surface area (Å²) in [5, 5.41) is 3.98. The Bertz CT molecular complexity index is 733. The van der Waals surface area contributed by atoms with Crippen molar-refractivity contribution in [1.29, 1.82) is 0 Å². The van der Waals surface area contributed by atoms with Crippen molar-refractivity contribution in [2.45, 2.75) is 0 Å². The second-order valence-electron chi connectivity index (χ2n) is 4.22. The summed E-state index contributed by atoms with van der Waals surface area (Å²) in [7, 11) is 1.57. The number of carbonyl (C=O) groups excluding carboxylic acids is 1. The Balaban J connectivity index is 2.14. The van der Waals surface area contributed by atoms with Gasteiger partial charge in [0.25, 0.3) is 5.91 Å². The van der Waals surface area contributed by atoms with Crippen molar-refractivity contribution in [3.8, 4) is 5.75 Å². The fraction of sp³-hybridized carbons (Fsp3) is 0.0667. The molecule has 2 aromatic carbocycles. The molecule has 2 rings (SSSR count). The Labute approximate surface area is 153 Å². The van der Waals surface area contributed by atoms with Crippen molar-refractivity contribution in [2.75, 3.05) is 7.11 Å². The lowest BCUT2D eigenvalue weighted by atomic mass is 10.2. The number of carbonyl (C=O) groups is 1. The second-order valence-corrected chi connectivity index (χ2v) is 6.91. The zero-order valence-corrected chi connectivity index (χ0v) is 16.2. The number of amides is 1. The largest absolute Gasteiger partial charge is 0.495 e. The van der Waals surface area contributed by atoms with E-state index in [-0.39, 0.29) is 5.91 Å². The Morgan fingerprint density at radius 3 is 2.64 bits per heavy atom. The van der Waals surface area contributed by atoms with Gasteiger partial charge >= 0.3 is 0 Å². The molecule has 0 aliphatic carbocycles. The lowest BCUT2D eigenvalue weighted by Crippen LogP contribution is -2.17. The number of benzene rings is 2. The molecule has 0 aliphatic heterocycles. The van der Waals surface area contributed by atoms with Gasteiger partial charge in [0.15, 0.2) is 0 Å². The number of hydrogen-bond acceptors (Lipinski definition) is 3. The SMILES string of the molecule is COc1c(Br)cc(Br)cc1C=NNC(=O)c1cccc(Br)c1. The van der Waals surface area contributed by atoms with Crippen LogP contribution in [-0.2, 0) is 0 Å². The molecule has 4 nitrogen and oxygen atoms in total. The highest BCUT2D eigenvalue weighted by atomic mass is 79.9. The maximum atomic E-state index is 12.0. The summed E-state index contributed by atoms with van der Waals surface area (Å²) in [6.07, 6.45) is 1.53. The fourth-order valence-electron chi connectivity index (χ4n) is 1.75. The monoisotopic (exact) mass is 488 g/mol. The molecule has 2 aromatic rings. The first kappa shape index (κ1) is 17.2. The van der Waals surface area contributed by atoms with Crippen LogP contribution in [0.3, 0.4) is 0 Å². The van der Waals surface area contributed by atoms with E-state index in [9.17, 15) is 4.79 Å². The minimum absolute atomic E-state index is 0.287. The molecule has 0 atom stereocenters. The molecular weight excluding hydrogens is 480 g/mol. The first-order valence-electron chi connectivity index (χ1n) is 6.13. The summed E-state index contributed by atoms with van der Waals surface area (Å²) in [6.45, 7) is 0. The Morgan fingerprint density at radius 1 is 1.18 bits per heavy atom. The minimum Gasteiger partial charge on any atom is -0.495 e. The van der Waals surface area contributed by atoms with Gasteiger partial charge in [-0.15, -0.1) is 0 Å². The summed E-state index contributed by atoms with van der Waals surface area (Å²) in [5.74, 6) is 0.356. The third-order valence-electron chi connectivity index (χ3n) is 2.70. The van der Waals surface area contributed by atoms with Crippen LogP contribution in [0.15, 0.2) is 54.9 Å². The van der Waals surface area contributed by atoms with E-state index < -0.39 is 0 Å². The number of hydrogen-bond donors (Lipinski definition) is 1. The lowest BCUT2D eigenvalue weighted by molar-refractivity contribution is 0.0955. The molecular formula is C15H11Br3N2O2. The first-order chi connectivity index (χ1) is 10.5. The van der Waals surface area contributed by atoms with E-state index in [4.69, 9.17) is 4.74 Å². The summed E-state index contributed by atoms with van der Waals surface area (Å²) < 4.78 is 7.82. The third kappa shape index (κ3) is 4.41. The van der Waals surface area contributed by atoms with Crippen molar-refractivity contribution in [3.05, 3.63) is 60.9 Å². The van der Waals surface area contributed by atoms with E-state index in [2.05, 4.69) is 58.3 Å². The highest BCUT2D eigenvalue weighted by molar-refractivity contribution is 9.11. The predicted octanol–water partition coefficient (Wildman–Crippen LogP) is 4.75. The molecule has 0 aromatic heterocycles. The average Bonchev–Trinajstić information content (AvgIpc) is 2.46. The van der Waals surface area contributed by atoms with Crippen molar-refractivity contribution < 1.29 is 9.53 Å². The molecule has 1 N–H and O–H groups in total. The standard InChI is InChI=1S/C15H11Br3N2O2/c1-22-14-10(6-12(17)7-13(14)18)8-19-20-15(21)9-3-2-4-11(16)5-9/h2-8H,1H3,(H,20,21). The van der Waals surface area contributed by atoms with Gasteiger partial charge in [-0.2, -0.15) is 5.10 Å². The van der Waals surface area contributed by atoms with E-state index in [0.29, 0.717) is 11.3 Å². The lowest BCUT2D eigenvalue weighted by Gasteiger charge is -2.07. The molecule has 0 unspecified atom stereocenters. The van der Waals surface area contributed by atoms with Gasteiger partial charge in [0, 0.05) is 20.1 Å². The summed E-state index contributed by atoms with van der Waals surface area (Å²) in [4.78, 5) is 12.0. The van der Waals surface area contributed by atoms with E-state index in [1.54, 1.807) is 25.3 Å². The molecule has 0 fully saturated rings. The predicted molar refractivity (Wildman–Crippen MR) is 97.6 cm³/mol. The molecule has 0 bridgehead atoms. The second kappa shape index (κ2) is 7.89. The van der Waals surface area contributed by atoms with Crippen LogP contribution in [0, 0.1) is 0 Å². The van der Waals surface area contributed by atoms with Gasteiger partial charge in [0.1, 0.15) is 5.75 Å². The molecule has 22 heavy (non-hydrogen) atoms. The molecule has 0 radical (unpaired) electrons. The van der Waals surface area contributed by atoms with Crippen LogP contribution in [-0.4, -0.2) is 19.2 Å². The van der Waals surface area contributed by atoms with Crippen LogP contribution in [0.5, 0.6) is 5.75 Å². The molecule has 0 saturated heterocycles. The van der Waals surface area contributed by atoms with E-state index in [1.165, 1.54) is 6.21 Å². The number of ether oxygens (including phenoxy) is 1. The highest BCUT2D eigenvalue weighted by Crippen LogP contribution is 2.31. The molecule has 0 saturated carbocycles. The van der Waals surface area contributed by atoms with Gasteiger partial charge in [-0.25, -0.2) is 5.43 Å². The molecule has 1 amide bonds. The number of nitrogens with one attached hydrogen (secondary N) is 1. The van der Waals surface area contributed by atoms with Crippen molar-refractivity contribution in [1.82, 2.24) is 5.43 Å². The first-order valence-corrected chi connectivity index (χ1v) is 8.51. The Kier molecular flexibility index (Phi) is 6.16. The topological polar surface area (TPSA) is 50.7 Å². The third-order valence-corrected chi connectivity index (χ3v) is 4.24. The van der Waals surface area contributed by atoms with Gasteiger partial charge in [0.2, 0.25) is 0 Å². The van der Waals surface area contributed by atoms with Crippen LogP contribution in [0.1, 0.15) is 15.9 Å². The molecule has 7 heteroatoms. The maximum absolute atomic E-state index is 12.0. The van der Waals surface area contributed by atoms with Crippen molar-refractivity contribution >= 4 is 59.9 Å². The minimum atomic E-state index is -0.287. The normalized spacial score (nSPS) is 10.7. The van der Waals surface area contributed by atoms with Crippen LogP contribution < -0.4 is 10.2 Å². The van der Waals surface area contributed by atoms with Crippen LogP contribution in [0.25, 0.3) is 0 Å². The van der Waals surface area contributed by atoms with Crippen molar-refractivity contribution in [2.24, 2.45) is 5.10 Å². The Morgan fingerprint density at radius 2 is 1.95 bits per heavy atom. The zero-order valence-electron chi connectivity index (χ0n) is 11.4. The van der Waals surface area contributed by atoms with Crippen molar-refractivity contribution in [3.63, 3.8) is 0 Å². The molecule has 114 valence electrons. The summed E-state index contributed by atoms with van der Waals surface area (Å²) in [6, 6.07) is 10.8. The summed E-state index contributed by atoms with van der Waals surface area (Å²) in [5.41, 5.74) is 3.75. The van der Waals surface area contributed by atoms with Gasteiger partial charge in [-0.1, -0.05) is 37.9 Å². The van der Waals surface area contributed by atoms with Crippen LogP contribution in [0.2, 0.25) is 0 Å². The van der Waals surface area contributed by atoms with E-state index in [1.807, 2.05) is 18.2 Å². The fourth-order valence-corrected chi connectivity index (χ4v) is 3.57. The molecule has 0 spiro atoms. The number of nitrogens with zero attached hydrogens (tertiary/aromatic N) is 1. The van der Waals surface area contributed by atoms with Gasteiger partial charge in [-0.3, -0.25) is 4.79 Å². The number of rotatable bonds is 4. The summed E-state index contributed by atoms with van der Waals surface area (Å²) >= 11 is 10.1. The van der Waals surface area contributed by atoms with Crippen LogP contribution in [0.4, 0.5) is 0 Å². The molecule has 0 aliphatic rings. The Hall–Kier alpha value is -1.18. The van der Waals surface area contributed by atoms with Crippen LogP contribution >= 0.6 is 47.8 Å². The van der Waals surface area contributed by atoms with E-state index >= 15 is 0 Å². The number of halogens is 3. The smallest absolute Gasteiger partial charge is 0.271 e. The van der Waals surface area contributed by atoms with E-state index in [0.717, 1.165) is 19.0 Å². The number of methoxy groups -OCH3 is 1. The zero-order chi connectivity index (χ0) is 16.1. The highest BCUT2D eigenvalue weighted by Gasteiger charge is 2.08. The van der Waals surface area contributed by atoms with Gasteiger partial charge < -0.3 is 4.74 Å². The molecule has 0 heterocycles. The number of hydrazone groups is 1. The quantitative estimate of drug-likeness (QED) is 0.497. The van der Waals surface area contributed by atoms with Gasteiger partial charge in [-0.05, 0) is 46.3 Å². The maximum Gasteiger partial charge on any atom is 0.271 e. The average molecular weight is 491 g/mol. The van der Waals surface area contributed by atoms with Gasteiger partial charge in [0.05, 0.1) is 17.8 Å².